The summed E-state index contributed by atoms with van der Waals surface area (Å²) < 4.78 is 0. The number of primary amides is 1. The molecule has 0 aliphatic rings. The number of benzene rings is 1. The molecule has 3 amide bonds. The van der Waals surface area contributed by atoms with Gasteiger partial charge in [-0.3, -0.25) is 10.1 Å². The van der Waals surface area contributed by atoms with E-state index in [2.05, 4.69) is 11.4 Å². The number of nitrogens with two attached hydrogens (primary N) is 2. The fraction of sp³-hybridized carbons (Fsp3) is 0.200. The van der Waals surface area contributed by atoms with Gasteiger partial charge in [-0.2, -0.15) is 0 Å². The number of imide groups is 1. The number of urea groups is 1. The minimum Gasteiger partial charge on any atom is -0.351 e. The lowest BCUT2D eigenvalue weighted by atomic mass is 10.1. The monoisotopic (exact) mass is 304 g/mol. The molecule has 1 aromatic carbocycles. The molecular weight excluding hydrogens is 286 g/mol. The molecule has 1 heterocycles. The van der Waals surface area contributed by atoms with Crippen LogP contribution in [0.4, 0.5) is 4.79 Å². The SMILES string of the molecule is NC(=O)NC(=O)[C@@H]([NH2+]CCc1cccs1)c1ccccc1. The van der Waals surface area contributed by atoms with Crippen LogP contribution in [0.3, 0.4) is 0 Å². The van der Waals surface area contributed by atoms with Crippen LogP contribution in [0.15, 0.2) is 47.8 Å². The second-order valence-corrected chi connectivity index (χ2v) is 5.63. The molecule has 2 rings (SSSR count). The predicted octanol–water partition coefficient (Wildman–Crippen LogP) is 0.790. The van der Waals surface area contributed by atoms with Crippen molar-refractivity contribution in [1.82, 2.24) is 5.32 Å². The van der Waals surface area contributed by atoms with Crippen LogP contribution in [0, 0.1) is 0 Å². The van der Waals surface area contributed by atoms with E-state index in [1.54, 1.807) is 11.3 Å². The molecular formula is C15H18N3O2S+. The largest absolute Gasteiger partial charge is 0.351 e. The maximum absolute atomic E-state index is 12.1. The maximum Gasteiger partial charge on any atom is 0.319 e. The molecule has 2 aromatic rings. The first-order valence-electron chi connectivity index (χ1n) is 6.68. The molecule has 5 nitrogen and oxygen atoms in total. The van der Waals surface area contributed by atoms with Crippen LogP contribution in [0.2, 0.25) is 0 Å². The minimum atomic E-state index is -0.826. The highest BCUT2D eigenvalue weighted by Crippen LogP contribution is 2.10. The predicted molar refractivity (Wildman–Crippen MR) is 81.7 cm³/mol. The number of quaternary nitrogens is 1. The number of rotatable bonds is 6. The quantitative estimate of drug-likeness (QED) is 0.736. The van der Waals surface area contributed by atoms with Crippen LogP contribution in [-0.4, -0.2) is 18.5 Å². The van der Waals surface area contributed by atoms with Gasteiger partial charge in [-0.1, -0.05) is 36.4 Å². The van der Waals surface area contributed by atoms with Gasteiger partial charge in [0.25, 0.3) is 5.91 Å². The Morgan fingerprint density at radius 3 is 2.57 bits per heavy atom. The lowest BCUT2D eigenvalue weighted by Crippen LogP contribution is -2.88. The van der Waals surface area contributed by atoms with E-state index in [9.17, 15) is 9.59 Å². The van der Waals surface area contributed by atoms with Gasteiger partial charge in [-0.25, -0.2) is 4.79 Å². The van der Waals surface area contributed by atoms with Crippen LogP contribution < -0.4 is 16.4 Å². The Morgan fingerprint density at radius 2 is 1.95 bits per heavy atom. The second kappa shape index (κ2) is 7.56. The summed E-state index contributed by atoms with van der Waals surface area (Å²) in [6.45, 7) is 0.756. The first kappa shape index (κ1) is 15.2. The van der Waals surface area contributed by atoms with E-state index in [1.807, 2.05) is 47.1 Å². The van der Waals surface area contributed by atoms with E-state index < -0.39 is 12.1 Å². The summed E-state index contributed by atoms with van der Waals surface area (Å²) in [6.07, 6.45) is 0.880. The summed E-state index contributed by atoms with van der Waals surface area (Å²) in [7, 11) is 0. The van der Waals surface area contributed by atoms with Gasteiger partial charge in [-0.05, 0) is 11.4 Å². The number of hydrogen-bond acceptors (Lipinski definition) is 3. The van der Waals surface area contributed by atoms with E-state index >= 15 is 0 Å². The lowest BCUT2D eigenvalue weighted by Gasteiger charge is -2.14. The van der Waals surface area contributed by atoms with Gasteiger partial charge in [0.05, 0.1) is 6.54 Å². The van der Waals surface area contributed by atoms with E-state index in [0.29, 0.717) is 0 Å². The Kier molecular flexibility index (Phi) is 5.48. The summed E-state index contributed by atoms with van der Waals surface area (Å²) >= 11 is 1.69. The van der Waals surface area contributed by atoms with Crippen LogP contribution in [0.1, 0.15) is 16.5 Å². The Hall–Kier alpha value is -2.18. The van der Waals surface area contributed by atoms with Crippen molar-refractivity contribution in [2.45, 2.75) is 12.5 Å². The molecule has 0 aliphatic carbocycles. The summed E-state index contributed by atoms with van der Waals surface area (Å²) in [5.74, 6) is -0.389. The highest BCUT2D eigenvalue weighted by atomic mass is 32.1. The number of carbonyl (C=O) groups is 2. The zero-order valence-corrected chi connectivity index (χ0v) is 12.3. The molecule has 1 atom stereocenters. The highest BCUT2D eigenvalue weighted by Gasteiger charge is 2.24. The molecule has 0 fully saturated rings. The fourth-order valence-corrected chi connectivity index (χ4v) is 2.83. The summed E-state index contributed by atoms with van der Waals surface area (Å²) in [5.41, 5.74) is 5.88. The van der Waals surface area contributed by atoms with Gasteiger partial charge in [0.2, 0.25) is 0 Å². The number of carbonyl (C=O) groups excluding carboxylic acids is 2. The summed E-state index contributed by atoms with van der Waals surface area (Å²) in [5, 5.41) is 6.11. The van der Waals surface area contributed by atoms with Gasteiger partial charge in [-0.15, -0.1) is 11.3 Å². The fourth-order valence-electron chi connectivity index (χ4n) is 2.10. The molecule has 0 aliphatic heterocycles. The summed E-state index contributed by atoms with van der Waals surface area (Å²) in [4.78, 5) is 24.3. The average Bonchev–Trinajstić information content (AvgIpc) is 2.97. The van der Waals surface area contributed by atoms with Crippen molar-refractivity contribution in [3.05, 3.63) is 58.3 Å². The average molecular weight is 304 g/mol. The first-order valence-corrected chi connectivity index (χ1v) is 7.55. The minimum absolute atomic E-state index is 0.389. The van der Waals surface area contributed by atoms with Crippen molar-refractivity contribution < 1.29 is 14.9 Å². The molecule has 110 valence electrons. The molecule has 21 heavy (non-hydrogen) atoms. The molecule has 1 aromatic heterocycles. The number of amides is 3. The van der Waals surface area contributed by atoms with Crippen molar-refractivity contribution >= 4 is 23.3 Å². The molecule has 0 unspecified atom stereocenters. The topological polar surface area (TPSA) is 88.8 Å². The van der Waals surface area contributed by atoms with Gasteiger partial charge in [0, 0.05) is 16.9 Å². The zero-order valence-electron chi connectivity index (χ0n) is 11.5. The number of hydrogen-bond donors (Lipinski definition) is 3. The third kappa shape index (κ3) is 4.70. The van der Waals surface area contributed by atoms with E-state index in [-0.39, 0.29) is 5.91 Å². The van der Waals surface area contributed by atoms with Crippen LogP contribution in [0.25, 0.3) is 0 Å². The Bertz CT molecular complexity index is 584. The van der Waals surface area contributed by atoms with Crippen molar-refractivity contribution in [3.8, 4) is 0 Å². The van der Waals surface area contributed by atoms with E-state index in [0.717, 1.165) is 18.5 Å². The van der Waals surface area contributed by atoms with Crippen LogP contribution in [0.5, 0.6) is 0 Å². The van der Waals surface area contributed by atoms with Gasteiger partial charge in [0.1, 0.15) is 0 Å². The normalized spacial score (nSPS) is 11.8. The van der Waals surface area contributed by atoms with E-state index in [4.69, 9.17) is 5.73 Å². The Morgan fingerprint density at radius 1 is 1.19 bits per heavy atom. The van der Waals surface area contributed by atoms with Crippen molar-refractivity contribution in [1.29, 1.82) is 0 Å². The highest BCUT2D eigenvalue weighted by molar-refractivity contribution is 7.09. The third-order valence-corrected chi connectivity index (χ3v) is 4.00. The first-order chi connectivity index (χ1) is 10.2. The lowest BCUT2D eigenvalue weighted by molar-refractivity contribution is -0.682. The molecule has 0 bridgehead atoms. The van der Waals surface area contributed by atoms with Gasteiger partial charge >= 0.3 is 6.03 Å². The Balaban J connectivity index is 2.01. The zero-order chi connectivity index (χ0) is 15.1. The molecule has 0 saturated heterocycles. The van der Waals surface area contributed by atoms with Crippen molar-refractivity contribution in [2.24, 2.45) is 5.73 Å². The van der Waals surface area contributed by atoms with Crippen LogP contribution >= 0.6 is 11.3 Å². The second-order valence-electron chi connectivity index (χ2n) is 4.60. The summed E-state index contributed by atoms with van der Waals surface area (Å²) in [6, 6.07) is 12.1. The molecule has 5 N–H and O–H groups in total. The molecule has 6 heteroatoms. The van der Waals surface area contributed by atoms with Crippen molar-refractivity contribution in [2.75, 3.05) is 6.54 Å². The van der Waals surface area contributed by atoms with E-state index in [1.165, 1.54) is 4.88 Å². The van der Waals surface area contributed by atoms with Gasteiger partial charge in [0.15, 0.2) is 6.04 Å². The van der Waals surface area contributed by atoms with Gasteiger partial charge < -0.3 is 11.1 Å². The standard InChI is InChI=1S/C15H17N3O2S/c16-15(20)18-14(19)13(11-5-2-1-3-6-11)17-9-8-12-7-4-10-21-12/h1-7,10,13,17H,8-9H2,(H3,16,18,19,20)/p+1/t13-/m0/s1. The van der Waals surface area contributed by atoms with Crippen LogP contribution in [-0.2, 0) is 11.2 Å². The maximum atomic E-state index is 12.1. The number of thiophene rings is 1. The third-order valence-electron chi connectivity index (χ3n) is 3.06. The molecule has 0 spiro atoms. The molecule has 0 radical (unpaired) electrons. The molecule has 0 saturated carbocycles. The van der Waals surface area contributed by atoms with Crippen molar-refractivity contribution in [3.63, 3.8) is 0 Å². The Labute approximate surface area is 127 Å². The number of nitrogens with one attached hydrogen (secondary N) is 1. The smallest absolute Gasteiger partial charge is 0.319 e.